The monoisotopic (exact) mass is 646 g/mol. The van der Waals surface area contributed by atoms with Crippen LogP contribution in [0.25, 0.3) is 0 Å². The first-order valence-electron chi connectivity index (χ1n) is 12.2. The number of carbonyl (C=O) groups is 2. The van der Waals surface area contributed by atoms with Crippen molar-refractivity contribution in [2.75, 3.05) is 13.2 Å². The zero-order valence-electron chi connectivity index (χ0n) is 20.9. The normalized spacial score (nSPS) is 10.8. The van der Waals surface area contributed by atoms with Gasteiger partial charge >= 0.3 is 11.9 Å². The van der Waals surface area contributed by atoms with Crippen LogP contribution in [0.5, 0.6) is 23.0 Å². The number of halogens is 6. The Morgan fingerprint density at radius 3 is 1.26 bits per heavy atom. The molecule has 210 valence electrons. The number of rotatable bonds is 14. The third-order valence-corrected chi connectivity index (χ3v) is 7.32. The van der Waals surface area contributed by atoms with Crippen LogP contribution in [0.2, 0.25) is 30.1 Å². The van der Waals surface area contributed by atoms with Crippen molar-refractivity contribution >= 4 is 81.5 Å². The first-order valence-corrected chi connectivity index (χ1v) is 14.4. The molecule has 2 aromatic rings. The third-order valence-electron chi connectivity index (χ3n) is 5.22. The molecule has 0 spiro atoms. The molecule has 0 saturated heterocycles. The standard InChI is InChI=1S/C26H28Cl6O6/c1-3-5-7-9-11-35-23-19(31)15(27)13-17(29)21(23)37-25(33)26(34)38-22-18(30)14-16(28)20(32)24(22)36-12-10-8-6-4-2/h13-14H,3-12H2,1-2H3. The van der Waals surface area contributed by atoms with E-state index >= 15 is 0 Å². The van der Waals surface area contributed by atoms with Crippen molar-refractivity contribution in [3.8, 4) is 23.0 Å². The molecule has 0 aromatic heterocycles. The van der Waals surface area contributed by atoms with Gasteiger partial charge in [0.1, 0.15) is 10.0 Å². The van der Waals surface area contributed by atoms with E-state index in [0.29, 0.717) is 0 Å². The summed E-state index contributed by atoms with van der Waals surface area (Å²) in [5.41, 5.74) is 0. The highest BCUT2D eigenvalue weighted by atomic mass is 35.5. The Labute approximate surface area is 252 Å². The van der Waals surface area contributed by atoms with E-state index in [0.717, 1.165) is 51.4 Å². The minimum Gasteiger partial charge on any atom is -0.488 e. The smallest absolute Gasteiger partial charge is 0.423 e. The maximum atomic E-state index is 12.7. The van der Waals surface area contributed by atoms with E-state index in [-0.39, 0.29) is 66.3 Å². The van der Waals surface area contributed by atoms with Gasteiger partial charge in [0.25, 0.3) is 0 Å². The topological polar surface area (TPSA) is 71.1 Å². The zero-order chi connectivity index (χ0) is 28.2. The third kappa shape index (κ3) is 9.42. The second-order valence-electron chi connectivity index (χ2n) is 8.22. The van der Waals surface area contributed by atoms with Crippen molar-refractivity contribution in [1.29, 1.82) is 0 Å². The number of unbranched alkanes of at least 4 members (excludes halogenated alkanes) is 6. The van der Waals surface area contributed by atoms with Gasteiger partial charge < -0.3 is 18.9 Å². The molecule has 0 radical (unpaired) electrons. The highest BCUT2D eigenvalue weighted by molar-refractivity contribution is 6.46. The fourth-order valence-corrected chi connectivity index (χ4v) is 4.59. The van der Waals surface area contributed by atoms with Crippen LogP contribution in [-0.2, 0) is 9.59 Å². The first kappa shape index (κ1) is 32.9. The highest BCUT2D eigenvalue weighted by Gasteiger charge is 2.29. The second kappa shape index (κ2) is 16.7. The van der Waals surface area contributed by atoms with E-state index in [2.05, 4.69) is 13.8 Å². The molecule has 0 fully saturated rings. The Kier molecular flexibility index (Phi) is 14.5. The summed E-state index contributed by atoms with van der Waals surface area (Å²) < 4.78 is 21.9. The van der Waals surface area contributed by atoms with E-state index in [1.807, 2.05) is 0 Å². The van der Waals surface area contributed by atoms with Crippen molar-refractivity contribution in [3.63, 3.8) is 0 Å². The van der Waals surface area contributed by atoms with Crippen LogP contribution in [0.1, 0.15) is 65.2 Å². The summed E-state index contributed by atoms with van der Waals surface area (Å²) in [5, 5.41) is -0.0413. The van der Waals surface area contributed by atoms with Gasteiger partial charge in [-0.05, 0) is 25.0 Å². The van der Waals surface area contributed by atoms with Crippen LogP contribution in [0.4, 0.5) is 0 Å². The lowest BCUT2D eigenvalue weighted by molar-refractivity contribution is -0.156. The number of hydrogen-bond donors (Lipinski definition) is 0. The summed E-state index contributed by atoms with van der Waals surface area (Å²) in [5.74, 6) is -3.51. The molecule has 0 unspecified atom stereocenters. The average Bonchev–Trinajstić information content (AvgIpc) is 2.88. The molecule has 0 atom stereocenters. The van der Waals surface area contributed by atoms with E-state index < -0.39 is 11.9 Å². The van der Waals surface area contributed by atoms with Gasteiger partial charge in [-0.3, -0.25) is 0 Å². The fourth-order valence-electron chi connectivity index (χ4n) is 3.24. The van der Waals surface area contributed by atoms with Gasteiger partial charge in [-0.15, -0.1) is 0 Å². The van der Waals surface area contributed by atoms with Crippen LogP contribution < -0.4 is 18.9 Å². The van der Waals surface area contributed by atoms with Crippen LogP contribution in [0.15, 0.2) is 12.1 Å². The largest absolute Gasteiger partial charge is 0.488 e. The highest BCUT2D eigenvalue weighted by Crippen LogP contribution is 2.47. The quantitative estimate of drug-likeness (QED) is 0.0667. The summed E-state index contributed by atoms with van der Waals surface area (Å²) in [6.07, 6.45) is 7.45. The molecule has 38 heavy (non-hydrogen) atoms. The lowest BCUT2D eigenvalue weighted by atomic mass is 10.2. The molecule has 0 saturated carbocycles. The summed E-state index contributed by atoms with van der Waals surface area (Å²) >= 11 is 37.2. The maximum Gasteiger partial charge on any atom is 0.423 e. The van der Waals surface area contributed by atoms with Crippen LogP contribution >= 0.6 is 69.6 Å². The summed E-state index contributed by atoms with van der Waals surface area (Å²) in [4.78, 5) is 25.4. The molecule has 0 N–H and O–H groups in total. The maximum absolute atomic E-state index is 12.7. The minimum absolute atomic E-state index is 0.0194. The molecule has 0 bridgehead atoms. The SMILES string of the molecule is CCCCCCOc1c(Cl)c(Cl)cc(Cl)c1OC(=O)C(=O)Oc1c(Cl)cc(Cl)c(Cl)c1OCCCCCC. The van der Waals surface area contributed by atoms with Crippen LogP contribution in [0, 0.1) is 0 Å². The second-order valence-corrected chi connectivity index (χ2v) is 10.6. The van der Waals surface area contributed by atoms with Gasteiger partial charge in [0.2, 0.25) is 0 Å². The number of carbonyl (C=O) groups excluding carboxylic acids is 2. The molecule has 0 amide bonds. The lowest BCUT2D eigenvalue weighted by Gasteiger charge is -2.17. The van der Waals surface area contributed by atoms with E-state index in [1.54, 1.807) is 0 Å². The Morgan fingerprint density at radius 2 is 0.921 bits per heavy atom. The number of benzene rings is 2. The molecule has 0 aliphatic carbocycles. The molecule has 2 aromatic carbocycles. The lowest BCUT2D eigenvalue weighted by Crippen LogP contribution is -2.26. The van der Waals surface area contributed by atoms with E-state index in [9.17, 15) is 9.59 Å². The minimum atomic E-state index is -1.42. The zero-order valence-corrected chi connectivity index (χ0v) is 25.5. The van der Waals surface area contributed by atoms with Crippen molar-refractivity contribution in [3.05, 3.63) is 42.3 Å². The van der Waals surface area contributed by atoms with Gasteiger partial charge in [0, 0.05) is 0 Å². The van der Waals surface area contributed by atoms with Crippen molar-refractivity contribution in [1.82, 2.24) is 0 Å². The summed E-state index contributed by atoms with van der Waals surface area (Å²) in [6, 6.07) is 2.54. The first-order chi connectivity index (χ1) is 18.1. The molecule has 12 heteroatoms. The van der Waals surface area contributed by atoms with Crippen molar-refractivity contribution in [2.45, 2.75) is 65.2 Å². The number of ether oxygens (including phenoxy) is 4. The molecule has 6 nitrogen and oxygen atoms in total. The Bertz CT molecular complexity index is 1040. The Balaban J connectivity index is 2.22. The van der Waals surface area contributed by atoms with Gasteiger partial charge in [0.05, 0.1) is 33.3 Å². The van der Waals surface area contributed by atoms with Gasteiger partial charge in [0.15, 0.2) is 23.0 Å². The molecular formula is C26H28Cl6O6. The number of esters is 2. The Hall–Kier alpha value is -1.28. The predicted octanol–water partition coefficient (Wildman–Crippen LogP) is 10.0. The van der Waals surface area contributed by atoms with Gasteiger partial charge in [-0.1, -0.05) is 122 Å². The molecule has 0 aliphatic heterocycles. The molecule has 2 rings (SSSR count). The predicted molar refractivity (Wildman–Crippen MR) is 153 cm³/mol. The van der Waals surface area contributed by atoms with E-state index in [1.165, 1.54) is 12.1 Å². The Morgan fingerprint density at radius 1 is 0.553 bits per heavy atom. The summed E-state index contributed by atoms with van der Waals surface area (Å²) in [7, 11) is 0. The van der Waals surface area contributed by atoms with Gasteiger partial charge in [-0.25, -0.2) is 9.59 Å². The molecule has 0 aliphatic rings. The van der Waals surface area contributed by atoms with Crippen LogP contribution in [0.3, 0.4) is 0 Å². The fraction of sp³-hybridized carbons (Fsp3) is 0.462. The van der Waals surface area contributed by atoms with E-state index in [4.69, 9.17) is 88.6 Å². The van der Waals surface area contributed by atoms with Crippen molar-refractivity contribution < 1.29 is 28.5 Å². The van der Waals surface area contributed by atoms with Crippen LogP contribution in [-0.4, -0.2) is 25.2 Å². The number of hydrogen-bond acceptors (Lipinski definition) is 6. The summed E-state index contributed by atoms with van der Waals surface area (Å²) in [6.45, 7) is 4.70. The van der Waals surface area contributed by atoms with Crippen molar-refractivity contribution in [2.24, 2.45) is 0 Å². The molecule has 0 heterocycles. The molecular weight excluding hydrogens is 621 g/mol. The van der Waals surface area contributed by atoms with Gasteiger partial charge in [-0.2, -0.15) is 0 Å². The average molecular weight is 649 g/mol.